The van der Waals surface area contributed by atoms with Crippen molar-refractivity contribution >= 4 is 0 Å². The van der Waals surface area contributed by atoms with Crippen LogP contribution in [0.2, 0.25) is 0 Å². The van der Waals surface area contributed by atoms with Crippen LogP contribution in [-0.2, 0) is 0 Å². The van der Waals surface area contributed by atoms with Gasteiger partial charge in [-0.1, -0.05) is 6.42 Å². The van der Waals surface area contributed by atoms with E-state index in [1.807, 2.05) is 0 Å². The summed E-state index contributed by atoms with van der Waals surface area (Å²) in [6.45, 7) is 0. The van der Waals surface area contributed by atoms with Gasteiger partial charge in [-0.15, -0.1) is 0 Å². The highest BCUT2D eigenvalue weighted by molar-refractivity contribution is 5.15. The topological polar surface area (TPSA) is 24.1 Å². The van der Waals surface area contributed by atoms with E-state index in [-0.39, 0.29) is 0 Å². The van der Waals surface area contributed by atoms with Gasteiger partial charge < -0.3 is 5.43 Å². The molecule has 2 heteroatoms. The summed E-state index contributed by atoms with van der Waals surface area (Å²) in [5.74, 6) is 0. The van der Waals surface area contributed by atoms with Crippen LogP contribution in [0.5, 0.6) is 0 Å². The molecule has 2 rings (SSSR count). The van der Waals surface area contributed by atoms with Gasteiger partial charge in [0.05, 0.1) is 0 Å². The van der Waals surface area contributed by atoms with Crippen LogP contribution in [0.3, 0.4) is 0 Å². The molecule has 1 aliphatic carbocycles. The molecule has 1 saturated carbocycles. The summed E-state index contributed by atoms with van der Waals surface area (Å²) in [5, 5.41) is 0. The third-order valence-electron chi connectivity index (χ3n) is 2.17. The number of hydrogen-bond acceptors (Lipinski definition) is 2. The first-order valence-electron chi connectivity index (χ1n) is 3.67. The van der Waals surface area contributed by atoms with Crippen molar-refractivity contribution in [3.63, 3.8) is 0 Å². The van der Waals surface area contributed by atoms with Gasteiger partial charge >= 0.3 is 0 Å². The second-order valence-electron chi connectivity index (χ2n) is 2.81. The summed E-state index contributed by atoms with van der Waals surface area (Å²) in [4.78, 5) is 0. The fraction of sp³-hybridized carbons (Fsp3) is 0.714. The minimum Gasteiger partial charge on any atom is -0.328 e. The molecule has 0 aromatic carbocycles. The average molecular weight is 124 g/mol. The van der Waals surface area contributed by atoms with Gasteiger partial charge in [0.15, 0.2) is 0 Å². The Labute approximate surface area is 55.3 Å². The van der Waals surface area contributed by atoms with Crippen LogP contribution in [-0.4, -0.2) is 6.04 Å². The number of hydrogen-bond donors (Lipinski definition) is 2. The van der Waals surface area contributed by atoms with Gasteiger partial charge in [-0.2, -0.15) is 0 Å². The molecule has 9 heavy (non-hydrogen) atoms. The maximum absolute atomic E-state index is 3.22. The summed E-state index contributed by atoms with van der Waals surface area (Å²) >= 11 is 0. The van der Waals surface area contributed by atoms with Crippen LogP contribution in [0.15, 0.2) is 11.8 Å². The maximum atomic E-state index is 3.22. The molecule has 50 valence electrons. The van der Waals surface area contributed by atoms with Crippen LogP contribution >= 0.6 is 0 Å². The molecule has 1 unspecified atom stereocenters. The van der Waals surface area contributed by atoms with Crippen molar-refractivity contribution in [1.29, 1.82) is 0 Å². The molecule has 2 nitrogen and oxygen atoms in total. The van der Waals surface area contributed by atoms with Crippen molar-refractivity contribution in [2.24, 2.45) is 0 Å². The van der Waals surface area contributed by atoms with E-state index in [9.17, 15) is 0 Å². The Hall–Kier alpha value is -0.500. The summed E-state index contributed by atoms with van der Waals surface area (Å²) in [7, 11) is 0. The maximum Gasteiger partial charge on any atom is 0.0486 e. The molecule has 1 fully saturated rings. The van der Waals surface area contributed by atoms with Crippen molar-refractivity contribution in [2.45, 2.75) is 31.7 Å². The van der Waals surface area contributed by atoms with Gasteiger partial charge in [0.2, 0.25) is 0 Å². The van der Waals surface area contributed by atoms with Crippen LogP contribution in [0.1, 0.15) is 25.7 Å². The third-order valence-corrected chi connectivity index (χ3v) is 2.17. The normalized spacial score (nSPS) is 32.9. The Bertz CT molecular complexity index is 140. The second-order valence-corrected chi connectivity index (χ2v) is 2.81. The lowest BCUT2D eigenvalue weighted by Gasteiger charge is -2.18. The zero-order valence-electron chi connectivity index (χ0n) is 5.48. The van der Waals surface area contributed by atoms with Crippen LogP contribution < -0.4 is 10.9 Å². The van der Waals surface area contributed by atoms with Crippen LogP contribution in [0.25, 0.3) is 0 Å². The van der Waals surface area contributed by atoms with Gasteiger partial charge in [-0.05, 0) is 24.8 Å². The Balaban J connectivity index is 2.09. The highest BCUT2D eigenvalue weighted by Crippen LogP contribution is 2.24. The van der Waals surface area contributed by atoms with Gasteiger partial charge in [-0.25, -0.2) is 5.43 Å². The lowest BCUT2D eigenvalue weighted by molar-refractivity contribution is 0.467. The van der Waals surface area contributed by atoms with E-state index in [1.54, 1.807) is 5.57 Å². The summed E-state index contributed by atoms with van der Waals surface area (Å²) < 4.78 is 0. The van der Waals surface area contributed by atoms with E-state index >= 15 is 0 Å². The number of rotatable bonds is 0. The van der Waals surface area contributed by atoms with E-state index in [1.165, 1.54) is 25.7 Å². The minimum atomic E-state index is 0.666. The molecule has 0 radical (unpaired) electrons. The summed E-state index contributed by atoms with van der Waals surface area (Å²) in [6, 6.07) is 0.666. The highest BCUT2D eigenvalue weighted by Gasteiger charge is 2.20. The van der Waals surface area contributed by atoms with E-state index < -0.39 is 0 Å². The third kappa shape index (κ3) is 0.833. The number of fused-ring (bicyclic) bond motifs is 1. The molecular formula is C7H12N2. The first-order valence-corrected chi connectivity index (χ1v) is 3.67. The number of nitrogens with one attached hydrogen (secondary N) is 2. The lowest BCUT2D eigenvalue weighted by Crippen LogP contribution is -2.32. The van der Waals surface area contributed by atoms with Crippen molar-refractivity contribution in [3.05, 3.63) is 11.8 Å². The lowest BCUT2D eigenvalue weighted by atomic mass is 9.92. The SMILES string of the molecule is C1=C2CCCCC2NN1. The fourth-order valence-electron chi connectivity index (χ4n) is 1.61. The van der Waals surface area contributed by atoms with Crippen LogP contribution in [0.4, 0.5) is 0 Å². The molecule has 2 aliphatic rings. The van der Waals surface area contributed by atoms with E-state index in [0.717, 1.165) is 0 Å². The van der Waals surface area contributed by atoms with Crippen molar-refractivity contribution in [1.82, 2.24) is 10.9 Å². The molecule has 0 aromatic heterocycles. The van der Waals surface area contributed by atoms with Gasteiger partial charge in [-0.3, -0.25) is 0 Å². The van der Waals surface area contributed by atoms with Gasteiger partial charge in [0.25, 0.3) is 0 Å². The molecule has 0 spiro atoms. The summed E-state index contributed by atoms with van der Waals surface area (Å²) in [6.07, 6.45) is 7.50. The first-order chi connectivity index (χ1) is 4.47. The molecule has 0 saturated heterocycles. The minimum absolute atomic E-state index is 0.666. The number of hydrazine groups is 1. The molecule has 1 heterocycles. The molecule has 2 N–H and O–H groups in total. The molecule has 0 amide bonds. The van der Waals surface area contributed by atoms with Crippen molar-refractivity contribution in [3.8, 4) is 0 Å². The van der Waals surface area contributed by atoms with Gasteiger partial charge in [0.1, 0.15) is 0 Å². The second kappa shape index (κ2) is 2.03. The predicted octanol–water partition coefficient (Wildman–Crippen LogP) is 0.921. The quantitative estimate of drug-likeness (QED) is 0.502. The van der Waals surface area contributed by atoms with E-state index in [2.05, 4.69) is 17.1 Å². The fourth-order valence-corrected chi connectivity index (χ4v) is 1.61. The smallest absolute Gasteiger partial charge is 0.0486 e. The Morgan fingerprint density at radius 2 is 2.44 bits per heavy atom. The van der Waals surface area contributed by atoms with E-state index in [0.29, 0.717) is 6.04 Å². The highest BCUT2D eigenvalue weighted by atomic mass is 15.4. The molecule has 1 atom stereocenters. The molecule has 1 aliphatic heterocycles. The van der Waals surface area contributed by atoms with Crippen molar-refractivity contribution < 1.29 is 0 Å². The zero-order chi connectivity index (χ0) is 6.10. The molecule has 0 bridgehead atoms. The Morgan fingerprint density at radius 1 is 1.44 bits per heavy atom. The van der Waals surface area contributed by atoms with Gasteiger partial charge in [0, 0.05) is 12.2 Å². The van der Waals surface area contributed by atoms with Crippen molar-refractivity contribution in [2.75, 3.05) is 0 Å². The van der Waals surface area contributed by atoms with E-state index in [4.69, 9.17) is 0 Å². The Morgan fingerprint density at radius 3 is 3.33 bits per heavy atom. The molecular weight excluding hydrogens is 112 g/mol. The molecule has 0 aromatic rings. The monoisotopic (exact) mass is 124 g/mol. The first kappa shape index (κ1) is 5.30. The summed E-state index contributed by atoms with van der Waals surface area (Å²) in [5.41, 5.74) is 7.84. The predicted molar refractivity (Wildman–Crippen MR) is 36.6 cm³/mol. The van der Waals surface area contributed by atoms with Crippen LogP contribution in [0, 0.1) is 0 Å². The Kier molecular flexibility index (Phi) is 1.19. The largest absolute Gasteiger partial charge is 0.328 e. The standard InChI is InChI=1S/C7H12N2/c1-2-4-7-6(3-1)5-8-9-7/h5,7-9H,1-4H2. The average Bonchev–Trinajstić information content (AvgIpc) is 2.33. The zero-order valence-corrected chi connectivity index (χ0v) is 5.48.